The summed E-state index contributed by atoms with van der Waals surface area (Å²) >= 11 is 5.95. The first-order valence-corrected chi connectivity index (χ1v) is 10.1. The molecular weight excluding hydrogens is 422 g/mol. The summed E-state index contributed by atoms with van der Waals surface area (Å²) < 4.78 is 59.1. The molecule has 0 fully saturated rings. The van der Waals surface area contributed by atoms with Gasteiger partial charge in [0.05, 0.1) is 9.92 Å². The molecule has 0 bridgehead atoms. The average molecular weight is 435 g/mol. The average Bonchev–Trinajstić information content (AvgIpc) is 2.66. The Morgan fingerprint density at radius 1 is 1.03 bits per heavy atom. The van der Waals surface area contributed by atoms with Gasteiger partial charge in [-0.2, -0.15) is 5.26 Å². The van der Waals surface area contributed by atoms with Crippen molar-refractivity contribution in [3.63, 3.8) is 0 Å². The highest BCUT2D eigenvalue weighted by molar-refractivity contribution is 7.89. The third-order valence-corrected chi connectivity index (χ3v) is 5.57. The summed E-state index contributed by atoms with van der Waals surface area (Å²) in [6, 6.07) is 14.9. The molecule has 0 amide bonds. The van der Waals surface area contributed by atoms with Gasteiger partial charge in [-0.1, -0.05) is 17.7 Å². The van der Waals surface area contributed by atoms with Crippen molar-refractivity contribution >= 4 is 21.6 Å². The fraction of sp³-hybridized carbons (Fsp3) is 0.0500. The van der Waals surface area contributed by atoms with E-state index in [9.17, 15) is 17.2 Å². The number of nitrogens with one attached hydrogen (secondary N) is 1. The van der Waals surface area contributed by atoms with Crippen LogP contribution >= 0.6 is 11.6 Å². The lowest BCUT2D eigenvalue weighted by Gasteiger charge is -2.10. The molecule has 3 aromatic carbocycles. The molecule has 0 saturated heterocycles. The molecule has 0 saturated carbocycles. The number of hydrogen-bond acceptors (Lipinski definition) is 4. The fourth-order valence-electron chi connectivity index (χ4n) is 2.49. The standard InChI is InChI=1S/C20H13ClF2N2O3S/c21-19-2-1-3-20(18(19)11-24)28-16-4-6-17(7-5-16)29(26,27)25-12-13-8-14(22)10-15(23)9-13/h1-10,25H,12H2. The first kappa shape index (κ1) is 20.7. The van der Waals surface area contributed by atoms with Gasteiger partial charge in [-0.25, -0.2) is 21.9 Å². The molecule has 0 aromatic heterocycles. The van der Waals surface area contributed by atoms with E-state index in [2.05, 4.69) is 4.72 Å². The smallest absolute Gasteiger partial charge is 0.240 e. The first-order chi connectivity index (χ1) is 13.8. The van der Waals surface area contributed by atoms with E-state index >= 15 is 0 Å². The van der Waals surface area contributed by atoms with Crippen LogP contribution in [0.4, 0.5) is 8.78 Å². The van der Waals surface area contributed by atoms with Gasteiger partial charge in [0.25, 0.3) is 0 Å². The SMILES string of the molecule is N#Cc1c(Cl)cccc1Oc1ccc(S(=O)(=O)NCc2cc(F)cc(F)c2)cc1. The van der Waals surface area contributed by atoms with Crippen LogP contribution in [-0.4, -0.2) is 8.42 Å². The Hall–Kier alpha value is -2.99. The summed E-state index contributed by atoms with van der Waals surface area (Å²) in [6.07, 6.45) is 0. The highest BCUT2D eigenvalue weighted by Crippen LogP contribution is 2.30. The van der Waals surface area contributed by atoms with Crippen LogP contribution in [0.15, 0.2) is 65.6 Å². The molecule has 3 aromatic rings. The minimum Gasteiger partial charge on any atom is -0.456 e. The normalized spacial score (nSPS) is 11.1. The predicted molar refractivity (Wildman–Crippen MR) is 103 cm³/mol. The van der Waals surface area contributed by atoms with Gasteiger partial charge < -0.3 is 4.74 Å². The number of hydrogen-bond donors (Lipinski definition) is 1. The second kappa shape index (κ2) is 8.57. The van der Waals surface area contributed by atoms with Crippen molar-refractivity contribution in [2.45, 2.75) is 11.4 Å². The zero-order chi connectivity index (χ0) is 21.0. The Morgan fingerprint density at radius 3 is 2.31 bits per heavy atom. The van der Waals surface area contributed by atoms with Gasteiger partial charge in [-0.3, -0.25) is 0 Å². The first-order valence-electron chi connectivity index (χ1n) is 8.19. The van der Waals surface area contributed by atoms with E-state index in [1.807, 2.05) is 6.07 Å². The van der Waals surface area contributed by atoms with Gasteiger partial charge in [0.2, 0.25) is 10.0 Å². The van der Waals surface area contributed by atoms with Crippen LogP contribution < -0.4 is 9.46 Å². The Kier molecular flexibility index (Phi) is 6.13. The lowest BCUT2D eigenvalue weighted by molar-refractivity contribution is 0.480. The molecule has 0 aliphatic carbocycles. The predicted octanol–water partition coefficient (Wildman–Crippen LogP) is 4.76. The van der Waals surface area contributed by atoms with Crippen molar-refractivity contribution < 1.29 is 21.9 Å². The molecule has 29 heavy (non-hydrogen) atoms. The summed E-state index contributed by atoms with van der Waals surface area (Å²) in [7, 11) is -3.92. The van der Waals surface area contributed by atoms with Gasteiger partial charge in [0.1, 0.15) is 34.8 Å². The quantitative estimate of drug-likeness (QED) is 0.606. The Labute approximate surface area is 171 Å². The lowest BCUT2D eigenvalue weighted by atomic mass is 10.2. The molecule has 5 nitrogen and oxygen atoms in total. The monoisotopic (exact) mass is 434 g/mol. The van der Waals surface area contributed by atoms with Crippen molar-refractivity contribution in [1.82, 2.24) is 4.72 Å². The van der Waals surface area contributed by atoms with Crippen molar-refractivity contribution in [1.29, 1.82) is 5.26 Å². The third-order valence-electron chi connectivity index (χ3n) is 3.84. The van der Waals surface area contributed by atoms with Crippen LogP contribution in [0, 0.1) is 23.0 Å². The largest absolute Gasteiger partial charge is 0.456 e. The summed E-state index contributed by atoms with van der Waals surface area (Å²) in [5.74, 6) is -1.05. The molecule has 0 atom stereocenters. The topological polar surface area (TPSA) is 79.2 Å². The Morgan fingerprint density at radius 2 is 1.69 bits per heavy atom. The van der Waals surface area contributed by atoms with Gasteiger partial charge in [-0.15, -0.1) is 0 Å². The van der Waals surface area contributed by atoms with Crippen LogP contribution in [0.2, 0.25) is 5.02 Å². The van der Waals surface area contributed by atoms with Gasteiger partial charge >= 0.3 is 0 Å². The number of benzene rings is 3. The Bertz CT molecular complexity index is 1170. The van der Waals surface area contributed by atoms with E-state index in [0.29, 0.717) is 11.8 Å². The van der Waals surface area contributed by atoms with Crippen molar-refractivity contribution in [3.05, 3.63) is 88.4 Å². The van der Waals surface area contributed by atoms with E-state index in [-0.39, 0.29) is 33.3 Å². The van der Waals surface area contributed by atoms with Crippen molar-refractivity contribution in [2.24, 2.45) is 0 Å². The maximum Gasteiger partial charge on any atom is 0.240 e. The Balaban J connectivity index is 1.73. The third kappa shape index (κ3) is 5.09. The van der Waals surface area contributed by atoms with Crippen LogP contribution in [0.1, 0.15) is 11.1 Å². The highest BCUT2D eigenvalue weighted by Gasteiger charge is 2.15. The zero-order valence-electron chi connectivity index (χ0n) is 14.7. The number of ether oxygens (including phenoxy) is 1. The van der Waals surface area contributed by atoms with E-state index in [0.717, 1.165) is 12.1 Å². The molecule has 148 valence electrons. The zero-order valence-corrected chi connectivity index (χ0v) is 16.3. The number of rotatable bonds is 6. The van der Waals surface area contributed by atoms with Gasteiger partial charge in [0.15, 0.2) is 0 Å². The van der Waals surface area contributed by atoms with Crippen LogP contribution in [0.3, 0.4) is 0 Å². The maximum absolute atomic E-state index is 13.2. The fourth-order valence-corrected chi connectivity index (χ4v) is 3.71. The molecule has 0 spiro atoms. The molecule has 0 unspecified atom stereocenters. The van der Waals surface area contributed by atoms with E-state index in [1.165, 1.54) is 24.3 Å². The summed E-state index contributed by atoms with van der Waals surface area (Å²) in [4.78, 5) is -0.0617. The van der Waals surface area contributed by atoms with Crippen molar-refractivity contribution in [3.8, 4) is 17.6 Å². The number of sulfonamides is 1. The number of nitrogens with zero attached hydrogens (tertiary/aromatic N) is 1. The molecule has 0 radical (unpaired) electrons. The molecular formula is C20H13ClF2N2O3S. The van der Waals surface area contributed by atoms with Gasteiger partial charge in [0, 0.05) is 12.6 Å². The molecule has 0 aliphatic heterocycles. The second-order valence-electron chi connectivity index (χ2n) is 5.90. The number of halogens is 3. The maximum atomic E-state index is 13.2. The van der Waals surface area contributed by atoms with E-state index < -0.39 is 21.7 Å². The molecule has 1 N–H and O–H groups in total. The lowest BCUT2D eigenvalue weighted by Crippen LogP contribution is -2.23. The van der Waals surface area contributed by atoms with Crippen LogP contribution in [-0.2, 0) is 16.6 Å². The summed E-state index contributed by atoms with van der Waals surface area (Å²) in [6.45, 7) is -0.274. The molecule has 0 aliphatic rings. The highest BCUT2D eigenvalue weighted by atomic mass is 35.5. The minimum absolute atomic E-state index is 0.0617. The summed E-state index contributed by atoms with van der Waals surface area (Å²) in [5, 5.41) is 9.40. The van der Waals surface area contributed by atoms with E-state index in [1.54, 1.807) is 18.2 Å². The number of nitriles is 1. The minimum atomic E-state index is -3.92. The molecule has 0 heterocycles. The summed E-state index contributed by atoms with van der Waals surface area (Å²) in [5.41, 5.74) is 0.311. The van der Waals surface area contributed by atoms with Crippen LogP contribution in [0.25, 0.3) is 0 Å². The van der Waals surface area contributed by atoms with E-state index in [4.69, 9.17) is 21.6 Å². The van der Waals surface area contributed by atoms with Crippen molar-refractivity contribution in [2.75, 3.05) is 0 Å². The second-order valence-corrected chi connectivity index (χ2v) is 8.07. The van der Waals surface area contributed by atoms with Gasteiger partial charge in [-0.05, 0) is 54.1 Å². The molecule has 9 heteroatoms. The van der Waals surface area contributed by atoms with Crippen LogP contribution in [0.5, 0.6) is 11.5 Å². The molecule has 3 rings (SSSR count).